The van der Waals surface area contributed by atoms with Crippen LogP contribution in [0.3, 0.4) is 0 Å². The summed E-state index contributed by atoms with van der Waals surface area (Å²) in [5.41, 5.74) is 0.936. The van der Waals surface area contributed by atoms with Crippen LogP contribution in [0.1, 0.15) is 29.9 Å². The van der Waals surface area contributed by atoms with Crippen molar-refractivity contribution >= 4 is 5.97 Å². The lowest BCUT2D eigenvalue weighted by Gasteiger charge is -2.19. The molecule has 0 fully saturated rings. The highest BCUT2D eigenvalue weighted by atomic mass is 16.4. The third kappa shape index (κ3) is 4.13. The van der Waals surface area contributed by atoms with E-state index < -0.39 is 5.97 Å². The number of carbonyl (C=O) groups is 1. The van der Waals surface area contributed by atoms with E-state index >= 15 is 0 Å². The van der Waals surface area contributed by atoms with Gasteiger partial charge in [0, 0.05) is 18.8 Å². The first-order valence-electron chi connectivity index (χ1n) is 5.57. The van der Waals surface area contributed by atoms with E-state index in [-0.39, 0.29) is 18.2 Å². The Bertz CT molecular complexity index is 363. The van der Waals surface area contributed by atoms with Gasteiger partial charge in [-0.15, -0.1) is 0 Å². The molecule has 94 valence electrons. The molecule has 1 atom stereocenters. The SMILES string of the molecule is CC(C)C(CO)NCc1ccc(C(=O)O)cn1. The van der Waals surface area contributed by atoms with Crippen molar-refractivity contribution in [1.29, 1.82) is 0 Å². The molecule has 1 aromatic rings. The van der Waals surface area contributed by atoms with E-state index in [9.17, 15) is 4.79 Å². The number of aliphatic hydroxyl groups excluding tert-OH is 1. The van der Waals surface area contributed by atoms with E-state index in [4.69, 9.17) is 10.2 Å². The molecule has 0 aromatic carbocycles. The Morgan fingerprint density at radius 2 is 2.18 bits per heavy atom. The molecule has 0 aliphatic heterocycles. The number of hydrogen-bond acceptors (Lipinski definition) is 4. The van der Waals surface area contributed by atoms with E-state index in [1.165, 1.54) is 12.3 Å². The van der Waals surface area contributed by atoms with Crippen LogP contribution in [0, 0.1) is 5.92 Å². The number of nitrogens with zero attached hydrogens (tertiary/aromatic N) is 1. The molecule has 0 bridgehead atoms. The van der Waals surface area contributed by atoms with Gasteiger partial charge in [0.25, 0.3) is 0 Å². The molecule has 0 saturated carbocycles. The van der Waals surface area contributed by atoms with E-state index in [2.05, 4.69) is 10.3 Å². The van der Waals surface area contributed by atoms with Crippen LogP contribution in [0.25, 0.3) is 0 Å². The summed E-state index contributed by atoms with van der Waals surface area (Å²) in [6.45, 7) is 4.64. The Hall–Kier alpha value is -1.46. The first kappa shape index (κ1) is 13.6. The fraction of sp³-hybridized carbons (Fsp3) is 0.500. The zero-order chi connectivity index (χ0) is 12.8. The minimum Gasteiger partial charge on any atom is -0.478 e. The predicted molar refractivity (Wildman–Crippen MR) is 63.7 cm³/mol. The Morgan fingerprint density at radius 3 is 2.59 bits per heavy atom. The summed E-state index contributed by atoms with van der Waals surface area (Å²) in [5.74, 6) is -0.647. The van der Waals surface area contributed by atoms with Gasteiger partial charge in [-0.2, -0.15) is 0 Å². The molecule has 0 radical (unpaired) electrons. The summed E-state index contributed by atoms with van der Waals surface area (Å²) in [6.07, 6.45) is 1.34. The normalized spacial score (nSPS) is 12.7. The molecule has 0 spiro atoms. The highest BCUT2D eigenvalue weighted by Gasteiger charge is 2.11. The van der Waals surface area contributed by atoms with Crippen molar-refractivity contribution in [3.05, 3.63) is 29.6 Å². The second-order valence-electron chi connectivity index (χ2n) is 4.26. The topological polar surface area (TPSA) is 82.5 Å². The lowest BCUT2D eigenvalue weighted by atomic mass is 10.1. The van der Waals surface area contributed by atoms with Crippen LogP contribution in [-0.2, 0) is 6.54 Å². The molecule has 1 unspecified atom stereocenters. The average Bonchev–Trinajstić information content (AvgIpc) is 2.30. The maximum Gasteiger partial charge on any atom is 0.337 e. The second-order valence-corrected chi connectivity index (χ2v) is 4.26. The van der Waals surface area contributed by atoms with Crippen molar-refractivity contribution in [2.24, 2.45) is 5.92 Å². The van der Waals surface area contributed by atoms with E-state index in [1.807, 2.05) is 13.8 Å². The van der Waals surface area contributed by atoms with Crippen molar-refractivity contribution in [3.63, 3.8) is 0 Å². The number of aliphatic hydroxyl groups is 1. The van der Waals surface area contributed by atoms with Crippen LogP contribution in [0.5, 0.6) is 0 Å². The number of aromatic carboxylic acids is 1. The number of pyridine rings is 1. The largest absolute Gasteiger partial charge is 0.478 e. The predicted octanol–water partition coefficient (Wildman–Crippen LogP) is 0.886. The fourth-order valence-corrected chi connectivity index (χ4v) is 1.40. The first-order chi connectivity index (χ1) is 8.04. The van der Waals surface area contributed by atoms with Crippen molar-refractivity contribution in [3.8, 4) is 0 Å². The van der Waals surface area contributed by atoms with Crippen molar-refractivity contribution < 1.29 is 15.0 Å². The summed E-state index contributed by atoms with van der Waals surface area (Å²) >= 11 is 0. The number of rotatable bonds is 6. The Kier molecular flexibility index (Phi) is 5.06. The van der Waals surface area contributed by atoms with Gasteiger partial charge in [0.05, 0.1) is 17.9 Å². The fourth-order valence-electron chi connectivity index (χ4n) is 1.40. The van der Waals surface area contributed by atoms with Gasteiger partial charge in [-0.05, 0) is 18.1 Å². The van der Waals surface area contributed by atoms with Crippen LogP contribution in [-0.4, -0.2) is 33.8 Å². The highest BCUT2D eigenvalue weighted by molar-refractivity contribution is 5.87. The molecule has 3 N–H and O–H groups in total. The van der Waals surface area contributed by atoms with Crippen molar-refractivity contribution in [1.82, 2.24) is 10.3 Å². The van der Waals surface area contributed by atoms with Gasteiger partial charge < -0.3 is 15.5 Å². The molecule has 1 rings (SSSR count). The van der Waals surface area contributed by atoms with E-state index in [1.54, 1.807) is 6.07 Å². The van der Waals surface area contributed by atoms with Crippen molar-refractivity contribution in [2.75, 3.05) is 6.61 Å². The smallest absolute Gasteiger partial charge is 0.337 e. The second kappa shape index (κ2) is 6.32. The van der Waals surface area contributed by atoms with Crippen LogP contribution in [0.4, 0.5) is 0 Å². The first-order valence-corrected chi connectivity index (χ1v) is 5.57. The molecular weight excluding hydrogens is 220 g/mol. The Morgan fingerprint density at radius 1 is 1.47 bits per heavy atom. The third-order valence-electron chi connectivity index (χ3n) is 2.62. The average molecular weight is 238 g/mol. The van der Waals surface area contributed by atoms with Gasteiger partial charge in [0.2, 0.25) is 0 Å². The number of aromatic nitrogens is 1. The van der Waals surface area contributed by atoms with E-state index in [0.29, 0.717) is 12.5 Å². The van der Waals surface area contributed by atoms with Crippen LogP contribution >= 0.6 is 0 Å². The summed E-state index contributed by atoms with van der Waals surface area (Å²) in [5, 5.41) is 21.0. The molecule has 0 aliphatic carbocycles. The Balaban J connectivity index is 2.55. The number of hydrogen-bond donors (Lipinski definition) is 3. The van der Waals surface area contributed by atoms with Gasteiger partial charge in [0.1, 0.15) is 0 Å². The van der Waals surface area contributed by atoms with Crippen LogP contribution in [0.2, 0.25) is 0 Å². The molecular formula is C12H18N2O3. The minimum absolute atomic E-state index is 0.0240. The molecule has 0 saturated heterocycles. The van der Waals surface area contributed by atoms with Crippen LogP contribution < -0.4 is 5.32 Å². The van der Waals surface area contributed by atoms with E-state index in [0.717, 1.165) is 5.69 Å². The zero-order valence-corrected chi connectivity index (χ0v) is 10.1. The minimum atomic E-state index is -0.979. The number of carboxylic acids is 1. The summed E-state index contributed by atoms with van der Waals surface area (Å²) in [4.78, 5) is 14.7. The molecule has 17 heavy (non-hydrogen) atoms. The van der Waals surface area contributed by atoms with Gasteiger partial charge in [0.15, 0.2) is 0 Å². The molecule has 5 heteroatoms. The van der Waals surface area contributed by atoms with Gasteiger partial charge >= 0.3 is 5.97 Å². The lowest BCUT2D eigenvalue weighted by molar-refractivity contribution is 0.0696. The molecule has 1 aromatic heterocycles. The number of nitrogens with one attached hydrogen (secondary N) is 1. The quantitative estimate of drug-likeness (QED) is 0.685. The molecule has 0 amide bonds. The zero-order valence-electron chi connectivity index (χ0n) is 10.1. The summed E-state index contributed by atoms with van der Waals surface area (Å²) < 4.78 is 0. The lowest BCUT2D eigenvalue weighted by Crippen LogP contribution is -2.36. The third-order valence-corrected chi connectivity index (χ3v) is 2.62. The maximum absolute atomic E-state index is 10.6. The van der Waals surface area contributed by atoms with Crippen LogP contribution in [0.15, 0.2) is 18.3 Å². The molecule has 5 nitrogen and oxygen atoms in total. The van der Waals surface area contributed by atoms with Gasteiger partial charge in [-0.25, -0.2) is 4.79 Å². The molecule has 0 aliphatic rings. The standard InChI is InChI=1S/C12H18N2O3/c1-8(2)11(7-15)14-6-10-4-3-9(5-13-10)12(16)17/h3-5,8,11,14-15H,6-7H2,1-2H3,(H,16,17). The monoisotopic (exact) mass is 238 g/mol. The Labute approximate surface area is 101 Å². The van der Waals surface area contributed by atoms with Crippen molar-refractivity contribution in [2.45, 2.75) is 26.4 Å². The molecule has 1 heterocycles. The highest BCUT2D eigenvalue weighted by Crippen LogP contribution is 2.04. The summed E-state index contributed by atoms with van der Waals surface area (Å²) in [6, 6.07) is 3.22. The number of carboxylic acid groups (broad SMARTS) is 1. The van der Waals surface area contributed by atoms with Gasteiger partial charge in [-0.1, -0.05) is 13.8 Å². The maximum atomic E-state index is 10.6. The van der Waals surface area contributed by atoms with Gasteiger partial charge in [-0.3, -0.25) is 4.98 Å². The summed E-state index contributed by atoms with van der Waals surface area (Å²) in [7, 11) is 0.